The van der Waals surface area contributed by atoms with Gasteiger partial charge in [0, 0.05) is 4.88 Å². The van der Waals surface area contributed by atoms with Gasteiger partial charge < -0.3 is 10.2 Å². The quantitative estimate of drug-likeness (QED) is 0.917. The molecule has 1 N–H and O–H groups in total. The Hall–Kier alpha value is -1.36. The topological polar surface area (TPSA) is 49.4 Å². The monoisotopic (exact) mass is 280 g/mol. The van der Waals surface area contributed by atoms with Crippen LogP contribution in [-0.2, 0) is 16.1 Å². The highest BCUT2D eigenvalue weighted by Crippen LogP contribution is 2.22. The van der Waals surface area contributed by atoms with E-state index in [1.54, 1.807) is 16.2 Å². The Balaban J connectivity index is 2.26. The van der Waals surface area contributed by atoms with Gasteiger partial charge in [0.2, 0.25) is 11.8 Å². The molecule has 0 bridgehead atoms. The van der Waals surface area contributed by atoms with Crippen molar-refractivity contribution in [2.75, 3.05) is 0 Å². The Morgan fingerprint density at radius 1 is 1.42 bits per heavy atom. The number of thiophene rings is 1. The van der Waals surface area contributed by atoms with Gasteiger partial charge in [-0.1, -0.05) is 26.8 Å². The van der Waals surface area contributed by atoms with Crippen LogP contribution in [0, 0.1) is 5.92 Å². The van der Waals surface area contributed by atoms with E-state index in [-0.39, 0.29) is 29.8 Å². The number of amides is 2. The van der Waals surface area contributed by atoms with Crippen LogP contribution in [0.4, 0.5) is 0 Å². The van der Waals surface area contributed by atoms with Crippen LogP contribution in [0.25, 0.3) is 0 Å². The first kappa shape index (κ1) is 14.1. The standard InChI is InChI=1S/C14H20N2O2S/c1-4-11-14(18)16(8-10-6-5-7-19-10)12(9(2)3)13(17)15-11/h5-7,9,11-12H,4,8H2,1-3H3,(H,15,17). The zero-order valence-electron chi connectivity index (χ0n) is 11.6. The smallest absolute Gasteiger partial charge is 0.246 e. The molecule has 2 heterocycles. The maximum Gasteiger partial charge on any atom is 0.246 e. The summed E-state index contributed by atoms with van der Waals surface area (Å²) in [5.74, 6) is 0.119. The average molecular weight is 280 g/mol. The predicted octanol–water partition coefficient (Wildman–Crippen LogP) is 2.01. The van der Waals surface area contributed by atoms with Crippen molar-refractivity contribution in [1.29, 1.82) is 0 Å². The Kier molecular flexibility index (Phi) is 4.24. The van der Waals surface area contributed by atoms with Crippen molar-refractivity contribution in [3.8, 4) is 0 Å². The van der Waals surface area contributed by atoms with Crippen molar-refractivity contribution < 1.29 is 9.59 Å². The van der Waals surface area contributed by atoms with Crippen LogP contribution in [0.2, 0.25) is 0 Å². The third-order valence-electron chi connectivity index (χ3n) is 3.45. The van der Waals surface area contributed by atoms with Crippen molar-refractivity contribution in [1.82, 2.24) is 10.2 Å². The molecule has 1 aliphatic heterocycles. The molecule has 1 saturated heterocycles. The molecule has 1 aromatic rings. The fourth-order valence-electron chi connectivity index (χ4n) is 2.48. The van der Waals surface area contributed by atoms with Gasteiger partial charge in [-0.2, -0.15) is 0 Å². The van der Waals surface area contributed by atoms with Crippen LogP contribution >= 0.6 is 11.3 Å². The van der Waals surface area contributed by atoms with E-state index in [0.29, 0.717) is 13.0 Å². The molecule has 0 radical (unpaired) electrons. The SMILES string of the molecule is CCC1NC(=O)C(C(C)C)N(Cc2cccs2)C1=O. The van der Waals surface area contributed by atoms with Crippen LogP contribution in [0.3, 0.4) is 0 Å². The molecule has 0 aromatic carbocycles. The lowest BCUT2D eigenvalue weighted by Crippen LogP contribution is -2.64. The fraction of sp³-hybridized carbons (Fsp3) is 0.571. The summed E-state index contributed by atoms with van der Waals surface area (Å²) in [6.45, 7) is 6.40. The summed E-state index contributed by atoms with van der Waals surface area (Å²) < 4.78 is 0. The largest absolute Gasteiger partial charge is 0.343 e. The van der Waals surface area contributed by atoms with Crippen molar-refractivity contribution in [3.63, 3.8) is 0 Å². The second-order valence-corrected chi connectivity index (χ2v) is 6.24. The normalized spacial score (nSPS) is 23.9. The van der Waals surface area contributed by atoms with Crippen molar-refractivity contribution in [2.45, 2.75) is 45.8 Å². The third-order valence-corrected chi connectivity index (χ3v) is 4.31. The van der Waals surface area contributed by atoms with Crippen LogP contribution in [-0.4, -0.2) is 28.8 Å². The number of hydrogen-bond donors (Lipinski definition) is 1. The Bertz CT molecular complexity index is 456. The molecular formula is C14H20N2O2S. The third kappa shape index (κ3) is 2.81. The Labute approximate surface area is 117 Å². The van der Waals surface area contributed by atoms with Crippen LogP contribution in [0.1, 0.15) is 32.1 Å². The number of hydrogen-bond acceptors (Lipinski definition) is 3. The highest BCUT2D eigenvalue weighted by Gasteiger charge is 2.41. The van der Waals surface area contributed by atoms with Crippen LogP contribution in [0.5, 0.6) is 0 Å². The van der Waals surface area contributed by atoms with Gasteiger partial charge in [-0.15, -0.1) is 11.3 Å². The van der Waals surface area contributed by atoms with Gasteiger partial charge in [-0.25, -0.2) is 0 Å². The van der Waals surface area contributed by atoms with E-state index in [1.165, 1.54) is 0 Å². The van der Waals surface area contributed by atoms with E-state index < -0.39 is 0 Å². The summed E-state index contributed by atoms with van der Waals surface area (Å²) >= 11 is 1.62. The summed E-state index contributed by atoms with van der Waals surface area (Å²) in [6, 6.07) is 3.23. The lowest BCUT2D eigenvalue weighted by molar-refractivity contribution is -0.151. The van der Waals surface area contributed by atoms with E-state index >= 15 is 0 Å². The maximum atomic E-state index is 12.5. The lowest BCUT2D eigenvalue weighted by atomic mass is 9.96. The van der Waals surface area contributed by atoms with Gasteiger partial charge in [0.25, 0.3) is 0 Å². The summed E-state index contributed by atoms with van der Waals surface area (Å²) in [4.78, 5) is 27.5. The van der Waals surface area contributed by atoms with Gasteiger partial charge in [-0.05, 0) is 23.8 Å². The fourth-order valence-corrected chi connectivity index (χ4v) is 3.19. The summed E-state index contributed by atoms with van der Waals surface area (Å²) in [6.07, 6.45) is 0.635. The van der Waals surface area contributed by atoms with E-state index in [4.69, 9.17) is 0 Å². The molecule has 0 spiro atoms. The molecule has 2 amide bonds. The van der Waals surface area contributed by atoms with Crippen LogP contribution < -0.4 is 5.32 Å². The second-order valence-electron chi connectivity index (χ2n) is 5.20. The van der Waals surface area contributed by atoms with E-state index in [0.717, 1.165) is 4.88 Å². The minimum atomic E-state index is -0.373. The molecule has 5 heteroatoms. The zero-order valence-corrected chi connectivity index (χ0v) is 12.4. The maximum absolute atomic E-state index is 12.5. The molecule has 19 heavy (non-hydrogen) atoms. The number of nitrogens with one attached hydrogen (secondary N) is 1. The summed E-state index contributed by atoms with van der Waals surface area (Å²) in [5.41, 5.74) is 0. The van der Waals surface area contributed by atoms with Crippen molar-refractivity contribution >= 4 is 23.2 Å². The Morgan fingerprint density at radius 3 is 2.68 bits per heavy atom. The van der Waals surface area contributed by atoms with Crippen molar-refractivity contribution in [2.24, 2.45) is 5.92 Å². The molecule has 1 fully saturated rings. The minimum absolute atomic E-state index is 0.0296. The van der Waals surface area contributed by atoms with E-state index in [9.17, 15) is 9.59 Å². The number of rotatable bonds is 4. The molecule has 1 aromatic heterocycles. The number of carbonyl (C=O) groups excluding carboxylic acids is 2. The highest BCUT2D eigenvalue weighted by atomic mass is 32.1. The first-order chi connectivity index (χ1) is 9.04. The lowest BCUT2D eigenvalue weighted by Gasteiger charge is -2.40. The average Bonchev–Trinajstić information content (AvgIpc) is 2.85. The van der Waals surface area contributed by atoms with Crippen LogP contribution in [0.15, 0.2) is 17.5 Å². The molecule has 1 aliphatic rings. The number of nitrogens with zero attached hydrogens (tertiary/aromatic N) is 1. The molecule has 0 aliphatic carbocycles. The van der Waals surface area contributed by atoms with Gasteiger partial charge >= 0.3 is 0 Å². The molecule has 104 valence electrons. The predicted molar refractivity (Wildman–Crippen MR) is 75.7 cm³/mol. The van der Waals surface area contributed by atoms with E-state index in [1.807, 2.05) is 38.3 Å². The van der Waals surface area contributed by atoms with Gasteiger partial charge in [0.15, 0.2) is 0 Å². The second kappa shape index (κ2) is 5.74. The number of piperazine rings is 1. The Morgan fingerprint density at radius 2 is 2.16 bits per heavy atom. The van der Waals surface area contributed by atoms with E-state index in [2.05, 4.69) is 5.32 Å². The zero-order chi connectivity index (χ0) is 14.0. The molecule has 2 rings (SSSR count). The molecular weight excluding hydrogens is 260 g/mol. The molecule has 2 unspecified atom stereocenters. The highest BCUT2D eigenvalue weighted by molar-refractivity contribution is 7.09. The molecule has 0 saturated carbocycles. The van der Waals surface area contributed by atoms with Gasteiger partial charge in [0.05, 0.1) is 6.54 Å². The van der Waals surface area contributed by atoms with Gasteiger partial charge in [0.1, 0.15) is 12.1 Å². The minimum Gasteiger partial charge on any atom is -0.343 e. The first-order valence-corrected chi connectivity index (χ1v) is 7.55. The molecule has 2 atom stereocenters. The number of carbonyl (C=O) groups is 2. The molecule has 4 nitrogen and oxygen atoms in total. The van der Waals surface area contributed by atoms with Gasteiger partial charge in [-0.3, -0.25) is 9.59 Å². The summed E-state index contributed by atoms with van der Waals surface area (Å²) in [7, 11) is 0. The first-order valence-electron chi connectivity index (χ1n) is 6.67. The van der Waals surface area contributed by atoms with Crippen molar-refractivity contribution in [3.05, 3.63) is 22.4 Å². The summed E-state index contributed by atoms with van der Waals surface area (Å²) in [5, 5.41) is 4.82.